The van der Waals surface area contributed by atoms with Crippen molar-refractivity contribution in [3.63, 3.8) is 0 Å². The Hall–Kier alpha value is -2.51. The van der Waals surface area contributed by atoms with Crippen LogP contribution in [0.2, 0.25) is 0 Å². The first kappa shape index (κ1) is 16.9. The molecule has 26 heavy (non-hydrogen) atoms. The molecule has 0 bridgehead atoms. The number of nitrogens with zero attached hydrogens (tertiary/aromatic N) is 2. The van der Waals surface area contributed by atoms with Crippen molar-refractivity contribution >= 4 is 54.3 Å². The molecule has 0 saturated heterocycles. The number of halogens is 1. The quantitative estimate of drug-likeness (QED) is 0.664. The predicted molar refractivity (Wildman–Crippen MR) is 104 cm³/mol. The molecule has 0 fully saturated rings. The van der Waals surface area contributed by atoms with Crippen molar-refractivity contribution in [2.45, 2.75) is 13.0 Å². The molecule has 3 aromatic rings. The van der Waals surface area contributed by atoms with Crippen LogP contribution in [0.5, 0.6) is 0 Å². The maximum Gasteiger partial charge on any atom is 0.296 e. The van der Waals surface area contributed by atoms with Crippen LogP contribution in [0.15, 0.2) is 64.3 Å². The van der Waals surface area contributed by atoms with Crippen LogP contribution < -0.4 is 4.90 Å². The molecule has 0 aliphatic carbocycles. The zero-order valence-electron chi connectivity index (χ0n) is 13.6. The van der Waals surface area contributed by atoms with Crippen molar-refractivity contribution in [2.24, 2.45) is 0 Å². The van der Waals surface area contributed by atoms with E-state index >= 15 is 0 Å². The van der Waals surface area contributed by atoms with Gasteiger partial charge in [0.1, 0.15) is 0 Å². The molecule has 1 aromatic heterocycles. The van der Waals surface area contributed by atoms with E-state index in [4.69, 9.17) is 0 Å². The van der Waals surface area contributed by atoms with E-state index in [0.29, 0.717) is 5.13 Å². The van der Waals surface area contributed by atoms with Crippen LogP contribution in [0.1, 0.15) is 18.5 Å². The number of carbonyl (C=O) groups excluding carboxylic acids is 2. The first-order valence-corrected chi connectivity index (χ1v) is 9.47. The average Bonchev–Trinajstić information content (AvgIpc) is 3.15. The summed E-state index contributed by atoms with van der Waals surface area (Å²) in [6.07, 6.45) is 0. The molecule has 2 heterocycles. The summed E-state index contributed by atoms with van der Waals surface area (Å²) in [6, 6.07) is 14.2. The second-order valence-electron chi connectivity index (χ2n) is 5.91. The Kier molecular flexibility index (Phi) is 4.13. The molecule has 1 aliphatic heterocycles. The van der Waals surface area contributed by atoms with Gasteiger partial charge < -0.3 is 5.11 Å². The number of anilines is 1. The summed E-state index contributed by atoms with van der Waals surface area (Å²) in [5, 5.41) is 10.8. The third-order valence-corrected chi connectivity index (χ3v) is 5.83. The van der Waals surface area contributed by atoms with Crippen LogP contribution in [0.25, 0.3) is 10.2 Å². The molecule has 5 nitrogen and oxygen atoms in total. The minimum atomic E-state index is -0.700. The first-order valence-electron chi connectivity index (χ1n) is 7.86. The van der Waals surface area contributed by atoms with E-state index in [1.165, 1.54) is 23.2 Å². The number of hydrogen-bond acceptors (Lipinski definition) is 5. The lowest BCUT2D eigenvalue weighted by atomic mass is 9.97. The van der Waals surface area contributed by atoms with Crippen LogP contribution in [0.4, 0.5) is 5.13 Å². The molecule has 0 unspecified atom stereocenters. The number of benzene rings is 2. The Morgan fingerprint density at radius 1 is 1.19 bits per heavy atom. The first-order chi connectivity index (χ1) is 12.5. The molecule has 1 N–H and O–H groups in total. The van der Waals surface area contributed by atoms with Gasteiger partial charge in [-0.25, -0.2) is 4.98 Å². The molecule has 0 radical (unpaired) electrons. The number of amides is 1. The Morgan fingerprint density at radius 2 is 1.88 bits per heavy atom. The van der Waals surface area contributed by atoms with Gasteiger partial charge in [0.15, 0.2) is 16.7 Å². The molecule has 0 saturated carbocycles. The molecule has 130 valence electrons. The number of aliphatic hydroxyl groups is 1. The van der Waals surface area contributed by atoms with Gasteiger partial charge in [0.25, 0.3) is 5.91 Å². The van der Waals surface area contributed by atoms with Gasteiger partial charge in [-0.3, -0.25) is 14.5 Å². The molecule has 4 rings (SSSR count). The molecular formula is C19H13BrN2O3S. The highest BCUT2D eigenvalue weighted by Crippen LogP contribution is 2.43. The molecule has 7 heteroatoms. The molecular weight excluding hydrogens is 416 g/mol. The standard InChI is InChI=1S/C19H13BrN2O3S/c1-10(23)15-16(11-6-8-12(20)9-7-11)22(18(25)17(15)24)19-21-13-4-2-3-5-14(13)26-19/h2-9,16,24H,1H3/t16-/m1/s1. The summed E-state index contributed by atoms with van der Waals surface area (Å²) in [6.45, 7) is 1.35. The van der Waals surface area contributed by atoms with Gasteiger partial charge in [-0.05, 0) is 36.8 Å². The van der Waals surface area contributed by atoms with E-state index in [2.05, 4.69) is 20.9 Å². The SMILES string of the molecule is CC(=O)C1=C(O)C(=O)N(c2nc3ccccc3s2)[C@@H]1c1ccc(Br)cc1. The van der Waals surface area contributed by atoms with Crippen LogP contribution in [-0.2, 0) is 9.59 Å². The van der Waals surface area contributed by atoms with Crippen molar-refractivity contribution in [3.05, 3.63) is 69.9 Å². The number of aromatic nitrogens is 1. The number of hydrogen-bond donors (Lipinski definition) is 1. The minimum Gasteiger partial charge on any atom is -0.503 e. The number of para-hydroxylation sites is 1. The van der Waals surface area contributed by atoms with E-state index in [1.807, 2.05) is 48.5 Å². The number of Topliss-reactive ketones (excluding diaryl/α,β-unsaturated/α-hetero) is 1. The van der Waals surface area contributed by atoms with Crippen LogP contribution in [-0.4, -0.2) is 21.8 Å². The maximum atomic E-state index is 12.8. The Morgan fingerprint density at radius 3 is 2.54 bits per heavy atom. The molecule has 0 spiro atoms. The summed E-state index contributed by atoms with van der Waals surface area (Å²) in [7, 11) is 0. The minimum absolute atomic E-state index is 0.0941. The summed E-state index contributed by atoms with van der Waals surface area (Å²) in [5.41, 5.74) is 1.59. The van der Waals surface area contributed by atoms with Crippen molar-refractivity contribution in [1.82, 2.24) is 4.98 Å². The lowest BCUT2D eigenvalue weighted by Crippen LogP contribution is -2.30. The van der Waals surface area contributed by atoms with Crippen molar-refractivity contribution in [2.75, 3.05) is 4.90 Å². The topological polar surface area (TPSA) is 70.5 Å². The van der Waals surface area contributed by atoms with Crippen LogP contribution in [0.3, 0.4) is 0 Å². The van der Waals surface area contributed by atoms with E-state index < -0.39 is 17.7 Å². The van der Waals surface area contributed by atoms with Gasteiger partial charge in [0.05, 0.1) is 21.8 Å². The van der Waals surface area contributed by atoms with Gasteiger partial charge in [-0.1, -0.05) is 51.5 Å². The summed E-state index contributed by atoms with van der Waals surface area (Å²) in [4.78, 5) is 30.9. The van der Waals surface area contributed by atoms with E-state index in [0.717, 1.165) is 20.3 Å². The normalized spacial score (nSPS) is 17.4. The highest BCUT2D eigenvalue weighted by atomic mass is 79.9. The zero-order chi connectivity index (χ0) is 18.4. The fraction of sp³-hybridized carbons (Fsp3) is 0.105. The number of fused-ring (bicyclic) bond motifs is 1. The van der Waals surface area contributed by atoms with Gasteiger partial charge in [0.2, 0.25) is 0 Å². The molecule has 2 aromatic carbocycles. The second kappa shape index (κ2) is 6.34. The molecule has 1 amide bonds. The fourth-order valence-corrected chi connectivity index (χ4v) is 4.34. The number of rotatable bonds is 3. The van der Waals surface area contributed by atoms with Crippen LogP contribution >= 0.6 is 27.3 Å². The van der Waals surface area contributed by atoms with Gasteiger partial charge >= 0.3 is 0 Å². The van der Waals surface area contributed by atoms with E-state index in [-0.39, 0.29) is 11.4 Å². The summed E-state index contributed by atoms with van der Waals surface area (Å²) < 4.78 is 1.82. The molecule has 1 aliphatic rings. The fourth-order valence-electron chi connectivity index (χ4n) is 3.09. The Labute approximate surface area is 161 Å². The average molecular weight is 429 g/mol. The maximum absolute atomic E-state index is 12.8. The second-order valence-corrected chi connectivity index (χ2v) is 7.84. The van der Waals surface area contributed by atoms with Gasteiger partial charge in [0, 0.05) is 4.47 Å². The monoisotopic (exact) mass is 428 g/mol. The van der Waals surface area contributed by atoms with E-state index in [1.54, 1.807) is 0 Å². The van der Waals surface area contributed by atoms with Crippen molar-refractivity contribution < 1.29 is 14.7 Å². The van der Waals surface area contributed by atoms with Gasteiger partial charge in [-0.15, -0.1) is 0 Å². The largest absolute Gasteiger partial charge is 0.503 e. The highest BCUT2D eigenvalue weighted by molar-refractivity contribution is 9.10. The number of aliphatic hydroxyl groups excluding tert-OH is 1. The highest BCUT2D eigenvalue weighted by Gasteiger charge is 2.44. The molecule has 1 atom stereocenters. The number of ketones is 1. The third kappa shape index (κ3) is 2.64. The number of carbonyl (C=O) groups is 2. The van der Waals surface area contributed by atoms with E-state index in [9.17, 15) is 14.7 Å². The van der Waals surface area contributed by atoms with Gasteiger partial charge in [-0.2, -0.15) is 0 Å². The smallest absolute Gasteiger partial charge is 0.296 e. The lowest BCUT2D eigenvalue weighted by molar-refractivity contribution is -0.117. The summed E-state index contributed by atoms with van der Waals surface area (Å²) in [5.74, 6) is -1.46. The number of thiazole rings is 1. The predicted octanol–water partition coefficient (Wildman–Crippen LogP) is 4.55. The third-order valence-electron chi connectivity index (χ3n) is 4.26. The van der Waals surface area contributed by atoms with Crippen molar-refractivity contribution in [1.29, 1.82) is 0 Å². The van der Waals surface area contributed by atoms with Crippen molar-refractivity contribution in [3.8, 4) is 0 Å². The lowest BCUT2D eigenvalue weighted by Gasteiger charge is -2.24. The van der Waals surface area contributed by atoms with Crippen LogP contribution in [0, 0.1) is 0 Å². The summed E-state index contributed by atoms with van der Waals surface area (Å²) >= 11 is 4.74. The Bertz CT molecular complexity index is 1040. The zero-order valence-corrected chi connectivity index (χ0v) is 16.0. The Balaban J connectivity index is 1.90.